The number of carbonyl (C=O) groups excluding carboxylic acids is 2. The molecule has 0 spiro atoms. The Hall–Kier alpha value is -3.90. The van der Waals surface area contributed by atoms with Gasteiger partial charge in [0.05, 0.1) is 24.1 Å². The Morgan fingerprint density at radius 3 is 1.96 bits per heavy atom. The summed E-state index contributed by atoms with van der Waals surface area (Å²) in [6, 6.07) is 15.3. The number of ether oxygens (including phenoxy) is 3. The highest BCUT2D eigenvalue weighted by molar-refractivity contribution is 7.66. The number of carbonyl (C=O) groups is 2. The standard InChI is InChI=1S/C24H24N5O15P3/c25-20-17-21(27-12-26-20)29(13-28-17)22-19(42-24(31)15-9-5-2-6-10-15)18(41-23(30)14-7-3-1-4-8-14)16(40-22)11-39-46(35,36)44-47(37,38)43-45(32,33)34/h1-10,12-13,16,18-19,22H,11H2,(H,35,36)(H,37,38)(H2,25,26,27)(H2,32,33,34)/t16-,18-,19-,22-/m1/s1. The number of anilines is 1. The Labute approximate surface area is 263 Å². The molecule has 5 rings (SSSR count). The van der Waals surface area contributed by atoms with Crippen molar-refractivity contribution in [1.29, 1.82) is 0 Å². The van der Waals surface area contributed by atoms with Gasteiger partial charge in [-0.15, -0.1) is 0 Å². The van der Waals surface area contributed by atoms with E-state index < -0.39 is 66.6 Å². The van der Waals surface area contributed by atoms with Crippen molar-refractivity contribution in [3.63, 3.8) is 0 Å². The van der Waals surface area contributed by atoms with Crippen molar-refractivity contribution in [2.45, 2.75) is 24.5 Å². The van der Waals surface area contributed by atoms with Crippen LogP contribution in [0.2, 0.25) is 0 Å². The monoisotopic (exact) mass is 715 g/mol. The van der Waals surface area contributed by atoms with E-state index in [1.807, 2.05) is 0 Å². The molecule has 1 aliphatic heterocycles. The van der Waals surface area contributed by atoms with Crippen LogP contribution in [0.1, 0.15) is 26.9 Å². The molecule has 1 saturated heterocycles. The molecular weight excluding hydrogens is 691 g/mol. The van der Waals surface area contributed by atoms with Gasteiger partial charge >= 0.3 is 35.4 Å². The number of benzene rings is 2. The third kappa shape index (κ3) is 8.53. The van der Waals surface area contributed by atoms with Gasteiger partial charge in [-0.1, -0.05) is 36.4 Å². The van der Waals surface area contributed by atoms with Crippen LogP contribution in [0.4, 0.5) is 5.82 Å². The van der Waals surface area contributed by atoms with Crippen LogP contribution < -0.4 is 5.73 Å². The highest BCUT2D eigenvalue weighted by Crippen LogP contribution is 2.66. The minimum Gasteiger partial charge on any atom is -0.452 e. The molecule has 0 radical (unpaired) electrons. The molecule has 1 aliphatic rings. The fourth-order valence-electron chi connectivity index (χ4n) is 4.39. The predicted molar refractivity (Wildman–Crippen MR) is 155 cm³/mol. The van der Waals surface area contributed by atoms with Crippen LogP contribution in [0.15, 0.2) is 73.3 Å². The molecule has 0 amide bonds. The van der Waals surface area contributed by atoms with Gasteiger partial charge in [-0.3, -0.25) is 9.09 Å². The van der Waals surface area contributed by atoms with Crippen LogP contribution >= 0.6 is 23.5 Å². The lowest BCUT2D eigenvalue weighted by Gasteiger charge is -2.25. The molecule has 250 valence electrons. The summed E-state index contributed by atoms with van der Waals surface area (Å²) in [4.78, 5) is 75.8. The summed E-state index contributed by atoms with van der Waals surface area (Å²) in [5, 5.41) is 0. The topological polar surface area (TPSA) is 291 Å². The van der Waals surface area contributed by atoms with E-state index in [-0.39, 0.29) is 28.1 Å². The number of fused-ring (bicyclic) bond motifs is 1. The Morgan fingerprint density at radius 2 is 1.38 bits per heavy atom. The first-order valence-corrected chi connectivity index (χ1v) is 17.5. The summed E-state index contributed by atoms with van der Waals surface area (Å²) >= 11 is 0. The van der Waals surface area contributed by atoms with Gasteiger partial charge in [0.25, 0.3) is 0 Å². The number of phosphoric acid groups is 3. The van der Waals surface area contributed by atoms with Crippen molar-refractivity contribution in [1.82, 2.24) is 19.5 Å². The Kier molecular flexibility index (Phi) is 10.0. The van der Waals surface area contributed by atoms with Crippen LogP contribution in [0.3, 0.4) is 0 Å². The third-order valence-electron chi connectivity index (χ3n) is 6.27. The van der Waals surface area contributed by atoms with E-state index in [0.717, 1.165) is 6.33 Å². The number of esters is 2. The predicted octanol–water partition coefficient (Wildman–Crippen LogP) is 2.10. The van der Waals surface area contributed by atoms with Crippen molar-refractivity contribution in [3.8, 4) is 0 Å². The van der Waals surface area contributed by atoms with Crippen LogP contribution in [0.25, 0.3) is 11.2 Å². The molecule has 0 bridgehead atoms. The maximum atomic E-state index is 13.3. The van der Waals surface area contributed by atoms with Gasteiger partial charge in [0.1, 0.15) is 17.9 Å². The van der Waals surface area contributed by atoms with E-state index in [9.17, 15) is 33.1 Å². The van der Waals surface area contributed by atoms with Gasteiger partial charge in [0, 0.05) is 0 Å². The lowest BCUT2D eigenvalue weighted by molar-refractivity contribution is -0.0559. The van der Waals surface area contributed by atoms with E-state index in [0.29, 0.717) is 0 Å². The van der Waals surface area contributed by atoms with Gasteiger partial charge < -0.3 is 39.5 Å². The second-order valence-electron chi connectivity index (χ2n) is 9.51. The highest BCUT2D eigenvalue weighted by atomic mass is 31.3. The molecule has 2 aromatic heterocycles. The van der Waals surface area contributed by atoms with Gasteiger partial charge in [-0.05, 0) is 24.3 Å². The Bertz CT molecular complexity index is 1910. The first-order valence-electron chi connectivity index (χ1n) is 13.0. The fraction of sp³-hybridized carbons (Fsp3) is 0.208. The minimum atomic E-state index is -5.86. The molecular formula is C24H24N5O15P3. The lowest BCUT2D eigenvalue weighted by atomic mass is 10.1. The maximum absolute atomic E-state index is 13.3. The zero-order valence-corrected chi connectivity index (χ0v) is 26.1. The van der Waals surface area contributed by atoms with Gasteiger partial charge in [-0.25, -0.2) is 38.2 Å². The first kappa shape index (κ1) is 34.4. The number of aromatic nitrogens is 4. The molecule has 47 heavy (non-hydrogen) atoms. The molecule has 6 N–H and O–H groups in total. The van der Waals surface area contributed by atoms with Gasteiger partial charge in [-0.2, -0.15) is 8.62 Å². The number of nitrogens with zero attached hydrogens (tertiary/aromatic N) is 4. The number of nitrogen functional groups attached to an aromatic ring is 1. The van der Waals surface area contributed by atoms with Crippen LogP contribution in [-0.4, -0.2) is 76.0 Å². The summed E-state index contributed by atoms with van der Waals surface area (Å²) in [6.07, 6.45) is -3.85. The number of rotatable bonds is 12. The van der Waals surface area contributed by atoms with E-state index in [2.05, 4.69) is 23.6 Å². The first-order chi connectivity index (χ1) is 22.1. The molecule has 2 unspecified atom stereocenters. The fourth-order valence-corrected chi connectivity index (χ4v) is 7.42. The number of hydrogen-bond acceptors (Lipinski definition) is 15. The maximum Gasteiger partial charge on any atom is 0.490 e. The normalized spacial score (nSPS) is 22.3. The summed E-state index contributed by atoms with van der Waals surface area (Å²) < 4.78 is 66.4. The largest absolute Gasteiger partial charge is 0.490 e. The molecule has 2 aromatic carbocycles. The number of nitrogens with two attached hydrogens (primary N) is 1. The molecule has 0 saturated carbocycles. The highest BCUT2D eigenvalue weighted by Gasteiger charge is 2.52. The van der Waals surface area contributed by atoms with Gasteiger partial charge in [0.2, 0.25) is 0 Å². The second kappa shape index (κ2) is 13.7. The summed E-state index contributed by atoms with van der Waals surface area (Å²) in [6.45, 7) is -1.06. The third-order valence-corrected chi connectivity index (χ3v) is 10.1. The molecule has 23 heteroatoms. The molecule has 1 fully saturated rings. The van der Waals surface area contributed by atoms with Gasteiger partial charge in [0.15, 0.2) is 29.9 Å². The molecule has 6 atom stereocenters. The van der Waals surface area contributed by atoms with E-state index in [1.165, 1.54) is 35.2 Å². The zero-order valence-electron chi connectivity index (χ0n) is 23.4. The Morgan fingerprint density at radius 1 is 0.809 bits per heavy atom. The lowest BCUT2D eigenvalue weighted by Crippen LogP contribution is -2.41. The minimum absolute atomic E-state index is 0.0131. The van der Waals surface area contributed by atoms with Crippen LogP contribution in [-0.2, 0) is 41.1 Å². The summed E-state index contributed by atoms with van der Waals surface area (Å²) in [7, 11) is -17.2. The Balaban J connectivity index is 1.51. The molecule has 4 aromatic rings. The van der Waals surface area contributed by atoms with Crippen molar-refractivity contribution >= 4 is 52.4 Å². The zero-order chi connectivity index (χ0) is 34.0. The van der Waals surface area contributed by atoms with Crippen molar-refractivity contribution in [2.24, 2.45) is 0 Å². The second-order valence-corrected chi connectivity index (χ2v) is 13.9. The smallest absolute Gasteiger partial charge is 0.452 e. The molecule has 3 heterocycles. The summed E-state index contributed by atoms with van der Waals surface area (Å²) in [5.41, 5.74) is 6.28. The van der Waals surface area contributed by atoms with E-state index in [1.54, 1.807) is 36.4 Å². The number of hydrogen-bond donors (Lipinski definition) is 5. The van der Waals surface area contributed by atoms with Crippen LogP contribution in [0.5, 0.6) is 0 Å². The quantitative estimate of drug-likeness (QED) is 0.104. The van der Waals surface area contributed by atoms with Crippen LogP contribution in [0, 0.1) is 0 Å². The number of phosphoric ester groups is 1. The summed E-state index contributed by atoms with van der Waals surface area (Å²) in [5.74, 6) is -1.84. The van der Waals surface area contributed by atoms with Crippen molar-refractivity contribution in [2.75, 3.05) is 12.3 Å². The molecule has 20 nitrogen and oxygen atoms in total. The molecule has 0 aliphatic carbocycles. The van der Waals surface area contributed by atoms with Crippen molar-refractivity contribution < 1.29 is 70.2 Å². The van der Waals surface area contributed by atoms with E-state index >= 15 is 0 Å². The number of imidazole rings is 1. The average Bonchev–Trinajstić information content (AvgIpc) is 3.57. The van der Waals surface area contributed by atoms with Crippen molar-refractivity contribution in [3.05, 3.63) is 84.4 Å². The SMILES string of the molecule is Nc1ncnc2c1ncn2[C@@H]1O[C@H](COP(=O)(O)OP(=O)(O)OP(=O)(O)O)[C@@H](OC(=O)c2ccccc2)[C@H]1OC(=O)c1ccccc1. The average molecular weight is 715 g/mol. The van der Waals surface area contributed by atoms with E-state index in [4.69, 9.17) is 34.3 Å².